The van der Waals surface area contributed by atoms with Gasteiger partial charge in [0.25, 0.3) is 0 Å². The molecule has 0 aromatic heterocycles. The molecular formula is C38H56O17. The van der Waals surface area contributed by atoms with E-state index < -0.39 is 125 Å². The van der Waals surface area contributed by atoms with Gasteiger partial charge in [-0.25, -0.2) is 0 Å². The van der Waals surface area contributed by atoms with Gasteiger partial charge in [-0.2, -0.15) is 0 Å². The molecule has 0 aromatic rings. The molecule has 17 heteroatoms. The van der Waals surface area contributed by atoms with E-state index in [-0.39, 0.29) is 18.1 Å². The minimum absolute atomic E-state index is 0.0310. The summed E-state index contributed by atoms with van der Waals surface area (Å²) in [6.07, 6.45) is -11.7. The van der Waals surface area contributed by atoms with Crippen LogP contribution in [0.25, 0.3) is 0 Å². The second-order valence-corrected chi connectivity index (χ2v) is 15.9. The highest BCUT2D eigenvalue weighted by Crippen LogP contribution is 2.62. The zero-order valence-electron chi connectivity index (χ0n) is 33.9. The Kier molecular flexibility index (Phi) is 13.6. The van der Waals surface area contributed by atoms with Gasteiger partial charge in [-0.05, 0) is 18.4 Å². The third kappa shape index (κ3) is 8.99. The molecule has 0 unspecified atom stereocenters. The molecule has 2 heterocycles. The van der Waals surface area contributed by atoms with E-state index >= 15 is 0 Å². The zero-order valence-corrected chi connectivity index (χ0v) is 33.9. The quantitative estimate of drug-likeness (QED) is 0.191. The summed E-state index contributed by atoms with van der Waals surface area (Å²) >= 11 is 0. The Bertz CT molecular complexity index is 1550. The van der Waals surface area contributed by atoms with Crippen molar-refractivity contribution in [1.82, 2.24) is 0 Å². The van der Waals surface area contributed by atoms with Gasteiger partial charge in [0.1, 0.15) is 30.5 Å². The van der Waals surface area contributed by atoms with Crippen molar-refractivity contribution in [3.05, 3.63) is 12.2 Å². The van der Waals surface area contributed by atoms with Crippen molar-refractivity contribution < 1.29 is 81.3 Å². The highest BCUT2D eigenvalue weighted by atomic mass is 16.7. The molecule has 17 nitrogen and oxygen atoms in total. The summed E-state index contributed by atoms with van der Waals surface area (Å²) < 4.78 is 54.7. The van der Waals surface area contributed by atoms with Gasteiger partial charge in [0.15, 0.2) is 23.4 Å². The van der Waals surface area contributed by atoms with Crippen molar-refractivity contribution in [3.63, 3.8) is 0 Å². The summed E-state index contributed by atoms with van der Waals surface area (Å²) in [5.41, 5.74) is -6.24. The molecule has 3 fully saturated rings. The fraction of sp³-hybridized carbons (Fsp3) is 0.763. The molecule has 3 rings (SSSR count). The summed E-state index contributed by atoms with van der Waals surface area (Å²) in [6, 6.07) is 0. The fourth-order valence-electron chi connectivity index (χ4n) is 8.52. The Balaban J connectivity index is 2.72. The van der Waals surface area contributed by atoms with Crippen LogP contribution < -0.4 is 0 Å². The largest absolute Gasteiger partial charge is 0.459 e. The molecule has 0 aromatic carbocycles. The molecule has 12 atom stereocenters. The number of rotatable bonds is 10. The number of fused-ring (bicyclic) bond motifs is 4. The van der Waals surface area contributed by atoms with Crippen molar-refractivity contribution >= 4 is 41.8 Å². The number of hydrogen-bond donors (Lipinski definition) is 1. The van der Waals surface area contributed by atoms with Crippen LogP contribution in [0.1, 0.15) is 96.4 Å². The van der Waals surface area contributed by atoms with Gasteiger partial charge in [-0.15, -0.1) is 0 Å². The number of hydrogen-bond acceptors (Lipinski definition) is 17. The van der Waals surface area contributed by atoms with Gasteiger partial charge in [0, 0.05) is 66.9 Å². The van der Waals surface area contributed by atoms with Crippen molar-refractivity contribution in [2.24, 2.45) is 23.2 Å². The monoisotopic (exact) mass is 784 g/mol. The van der Waals surface area contributed by atoms with E-state index in [1.54, 1.807) is 13.8 Å². The van der Waals surface area contributed by atoms with Crippen LogP contribution in [0.5, 0.6) is 0 Å². The second-order valence-electron chi connectivity index (χ2n) is 15.9. The number of esters is 7. The smallest absolute Gasteiger partial charge is 0.303 e. The summed E-state index contributed by atoms with van der Waals surface area (Å²) in [5.74, 6) is -12.3. The van der Waals surface area contributed by atoms with E-state index in [1.165, 1.54) is 13.8 Å². The maximum atomic E-state index is 13.4. The molecule has 55 heavy (non-hydrogen) atoms. The molecule has 2 bridgehead atoms. The summed E-state index contributed by atoms with van der Waals surface area (Å²) in [6.45, 7) is 21.4. The van der Waals surface area contributed by atoms with E-state index in [4.69, 9.17) is 42.6 Å². The van der Waals surface area contributed by atoms with E-state index in [0.717, 1.165) is 48.5 Å². The van der Waals surface area contributed by atoms with Gasteiger partial charge in [-0.3, -0.25) is 33.6 Å². The van der Waals surface area contributed by atoms with Gasteiger partial charge in [0.05, 0.1) is 11.8 Å². The van der Waals surface area contributed by atoms with Crippen LogP contribution in [0, 0.1) is 23.2 Å². The molecule has 1 aliphatic carbocycles. The SMILES string of the molecule is C=C1[C@H](OCC(C)C)[C@@H](OC(C)=O)[C@@H](OC(C)=O)C(C)(C)[C@@H]2O[C@](O)([C@H](C)[C@@H]2OC(C)=O)[C@@]2(OC(C)=O)C[C@@](C)(OC(C)=O)[C@H](OC(C)=O)[C@@H]2[C@H]1OC(C)=O. The zero-order chi connectivity index (χ0) is 42.2. The lowest BCUT2D eigenvalue weighted by Gasteiger charge is -2.49. The molecule has 0 amide bonds. The summed E-state index contributed by atoms with van der Waals surface area (Å²) in [7, 11) is 0. The molecule has 310 valence electrons. The van der Waals surface area contributed by atoms with Crippen molar-refractivity contribution in [2.75, 3.05) is 6.61 Å². The average molecular weight is 785 g/mol. The first kappa shape index (κ1) is 45.3. The van der Waals surface area contributed by atoms with E-state index in [1.807, 2.05) is 13.8 Å². The lowest BCUT2D eigenvalue weighted by atomic mass is 9.68. The fourth-order valence-corrected chi connectivity index (χ4v) is 8.52. The molecule has 0 spiro atoms. The second kappa shape index (κ2) is 16.6. The van der Waals surface area contributed by atoms with Crippen LogP contribution in [0.4, 0.5) is 0 Å². The maximum absolute atomic E-state index is 13.4. The third-order valence-electron chi connectivity index (χ3n) is 10.3. The number of ether oxygens (including phenoxy) is 9. The van der Waals surface area contributed by atoms with Gasteiger partial charge in [-0.1, -0.05) is 41.2 Å². The molecule has 2 saturated heterocycles. The topological polar surface area (TPSA) is 223 Å². The van der Waals surface area contributed by atoms with Crippen LogP contribution >= 0.6 is 0 Å². The van der Waals surface area contributed by atoms with Crippen LogP contribution in [0.2, 0.25) is 0 Å². The Morgan fingerprint density at radius 1 is 0.709 bits per heavy atom. The van der Waals surface area contributed by atoms with Crippen molar-refractivity contribution in [1.29, 1.82) is 0 Å². The van der Waals surface area contributed by atoms with Crippen LogP contribution in [-0.2, 0) is 76.2 Å². The van der Waals surface area contributed by atoms with E-state index in [2.05, 4.69) is 6.58 Å². The number of carbonyl (C=O) groups is 7. The highest BCUT2D eigenvalue weighted by Gasteiger charge is 2.80. The molecule has 0 radical (unpaired) electrons. The lowest BCUT2D eigenvalue weighted by molar-refractivity contribution is -0.334. The summed E-state index contributed by atoms with van der Waals surface area (Å²) in [4.78, 5) is 91.0. The van der Waals surface area contributed by atoms with Gasteiger partial charge < -0.3 is 47.7 Å². The predicted octanol–water partition coefficient (Wildman–Crippen LogP) is 2.65. The standard InChI is InChI=1S/C38H56O17/c1-17(2)15-47-29-18(3)28(48-20(5)39)27-32(51-23(8)42)36(14,53-25(10)44)16-37(27,54-26(11)45)38(46)19(4)30(49-21(6)40)34(55-38)35(12,13)33(52-24(9)43)31(29)50-22(7)41/h17,19,27-34,46H,3,15-16H2,1-2,4-14H3/t19-,27+,28+,29+,30+,31-,32-,33-,34-,36-,37-,38-/m1/s1. The first-order valence-electron chi connectivity index (χ1n) is 18.1. The Labute approximate surface area is 320 Å². The minimum Gasteiger partial charge on any atom is -0.459 e. The first-order chi connectivity index (χ1) is 25.1. The predicted molar refractivity (Wildman–Crippen MR) is 187 cm³/mol. The Morgan fingerprint density at radius 3 is 1.64 bits per heavy atom. The molecule has 3 aliphatic rings. The summed E-state index contributed by atoms with van der Waals surface area (Å²) in [5, 5.41) is 13.3. The molecule has 2 aliphatic heterocycles. The average Bonchev–Trinajstić information content (AvgIpc) is 3.39. The maximum Gasteiger partial charge on any atom is 0.303 e. The molecule has 1 saturated carbocycles. The number of carbonyl (C=O) groups excluding carboxylic acids is 7. The molecular weight excluding hydrogens is 728 g/mol. The van der Waals surface area contributed by atoms with Crippen molar-refractivity contribution in [2.45, 2.75) is 156 Å². The number of aliphatic hydroxyl groups is 1. The first-order valence-corrected chi connectivity index (χ1v) is 18.1. The van der Waals surface area contributed by atoms with Crippen LogP contribution in [-0.4, -0.2) is 113 Å². The highest BCUT2D eigenvalue weighted by molar-refractivity contribution is 5.71. The van der Waals surface area contributed by atoms with Gasteiger partial charge >= 0.3 is 41.8 Å². The Hall–Kier alpha value is -4.09. The van der Waals surface area contributed by atoms with Crippen molar-refractivity contribution in [3.8, 4) is 0 Å². The minimum atomic E-state index is -2.78. The normalized spacial score (nSPS) is 36.7. The van der Waals surface area contributed by atoms with Gasteiger partial charge in [0.2, 0.25) is 5.79 Å². The van der Waals surface area contributed by atoms with Crippen LogP contribution in [0.3, 0.4) is 0 Å². The van der Waals surface area contributed by atoms with Crippen LogP contribution in [0.15, 0.2) is 12.2 Å². The van der Waals surface area contributed by atoms with E-state index in [9.17, 15) is 38.7 Å². The lowest BCUT2D eigenvalue weighted by Crippen LogP contribution is -2.66. The third-order valence-corrected chi connectivity index (χ3v) is 10.3. The molecule has 1 N–H and O–H groups in total. The van der Waals surface area contributed by atoms with E-state index in [0.29, 0.717) is 0 Å². The Morgan fingerprint density at radius 2 is 1.18 bits per heavy atom.